The first kappa shape index (κ1) is 22.6. The first-order chi connectivity index (χ1) is 13.3. The monoisotopic (exact) mass is 418 g/mol. The molecule has 2 N–H and O–H groups in total. The summed E-state index contributed by atoms with van der Waals surface area (Å²) in [5.74, 6) is 0.767. The molecule has 0 saturated carbocycles. The van der Waals surface area contributed by atoms with Crippen molar-refractivity contribution in [3.05, 3.63) is 45.9 Å². The van der Waals surface area contributed by atoms with Crippen molar-refractivity contribution in [3.63, 3.8) is 0 Å². The Morgan fingerprint density at radius 3 is 2.54 bits per heavy atom. The van der Waals surface area contributed by atoms with Gasteiger partial charge in [-0.1, -0.05) is 12.1 Å². The average Bonchev–Trinajstić information content (AvgIpc) is 3.15. The number of benzene rings is 1. The summed E-state index contributed by atoms with van der Waals surface area (Å²) in [5, 5.41) is 13.5. The molecule has 0 spiro atoms. The predicted molar refractivity (Wildman–Crippen MR) is 102 cm³/mol. The van der Waals surface area contributed by atoms with Crippen molar-refractivity contribution < 1.29 is 27.8 Å². The van der Waals surface area contributed by atoms with Gasteiger partial charge in [-0.15, -0.1) is 11.3 Å². The van der Waals surface area contributed by atoms with Crippen LogP contribution in [0, 0.1) is 0 Å². The number of rotatable bonds is 11. The van der Waals surface area contributed by atoms with E-state index in [1.165, 1.54) is 5.38 Å². The molecule has 0 fully saturated rings. The molecule has 1 heterocycles. The lowest BCUT2D eigenvalue weighted by molar-refractivity contribution is -0.137. The Morgan fingerprint density at radius 1 is 1.21 bits per heavy atom. The quantitative estimate of drug-likeness (QED) is 0.543. The molecule has 0 radical (unpaired) electrons. The molecule has 0 bridgehead atoms. The molecule has 28 heavy (non-hydrogen) atoms. The third-order valence-corrected chi connectivity index (χ3v) is 4.84. The van der Waals surface area contributed by atoms with Gasteiger partial charge >= 0.3 is 6.18 Å². The lowest BCUT2D eigenvalue weighted by Gasteiger charge is -2.16. The van der Waals surface area contributed by atoms with E-state index in [0.29, 0.717) is 37.6 Å². The third-order valence-electron chi connectivity index (χ3n) is 3.93. The SMILES string of the molecule is CCOCCOc1ccc(CC(C)NCC(O)c2csc(C(F)(F)F)n2)cc1. The van der Waals surface area contributed by atoms with E-state index in [0.717, 1.165) is 11.3 Å². The van der Waals surface area contributed by atoms with Crippen LogP contribution in [0.25, 0.3) is 0 Å². The van der Waals surface area contributed by atoms with Gasteiger partial charge in [0, 0.05) is 24.6 Å². The molecule has 2 rings (SSSR count). The highest BCUT2D eigenvalue weighted by molar-refractivity contribution is 7.09. The molecular formula is C19H25F3N2O3S. The van der Waals surface area contributed by atoms with E-state index in [4.69, 9.17) is 9.47 Å². The van der Waals surface area contributed by atoms with E-state index in [9.17, 15) is 18.3 Å². The zero-order valence-electron chi connectivity index (χ0n) is 15.8. The number of halogens is 3. The maximum atomic E-state index is 12.6. The van der Waals surface area contributed by atoms with Crippen molar-refractivity contribution in [2.45, 2.75) is 38.6 Å². The van der Waals surface area contributed by atoms with Gasteiger partial charge in [-0.2, -0.15) is 13.2 Å². The summed E-state index contributed by atoms with van der Waals surface area (Å²) < 4.78 is 48.5. The fourth-order valence-electron chi connectivity index (χ4n) is 2.50. The van der Waals surface area contributed by atoms with Gasteiger partial charge < -0.3 is 19.9 Å². The number of ether oxygens (including phenoxy) is 2. The number of aliphatic hydroxyl groups excluding tert-OH is 1. The molecule has 0 aliphatic heterocycles. The van der Waals surface area contributed by atoms with E-state index in [-0.39, 0.29) is 18.3 Å². The lowest BCUT2D eigenvalue weighted by Crippen LogP contribution is -2.32. The Balaban J connectivity index is 1.75. The van der Waals surface area contributed by atoms with Gasteiger partial charge in [0.2, 0.25) is 0 Å². The van der Waals surface area contributed by atoms with Crippen LogP contribution in [0.5, 0.6) is 5.75 Å². The summed E-state index contributed by atoms with van der Waals surface area (Å²) in [7, 11) is 0. The number of aromatic nitrogens is 1. The molecule has 156 valence electrons. The second-order valence-corrected chi connectivity index (χ2v) is 7.15. The predicted octanol–water partition coefficient (Wildman–Crippen LogP) is 3.83. The minimum atomic E-state index is -4.48. The molecule has 2 atom stereocenters. The number of aliphatic hydroxyl groups is 1. The maximum absolute atomic E-state index is 12.6. The van der Waals surface area contributed by atoms with Crippen LogP contribution in [-0.2, 0) is 17.3 Å². The Morgan fingerprint density at radius 2 is 1.93 bits per heavy atom. The number of nitrogens with zero attached hydrogens (tertiary/aromatic N) is 1. The lowest BCUT2D eigenvalue weighted by atomic mass is 10.1. The second kappa shape index (κ2) is 10.8. The summed E-state index contributed by atoms with van der Waals surface area (Å²) in [6.07, 6.45) is -4.87. The fraction of sp³-hybridized carbons (Fsp3) is 0.526. The highest BCUT2D eigenvalue weighted by atomic mass is 32.1. The minimum Gasteiger partial charge on any atom is -0.491 e. The molecule has 0 aliphatic carbocycles. The number of thiazole rings is 1. The van der Waals surface area contributed by atoms with Crippen LogP contribution >= 0.6 is 11.3 Å². The number of nitrogens with one attached hydrogen (secondary N) is 1. The minimum absolute atomic E-state index is 0.0279. The van der Waals surface area contributed by atoms with Gasteiger partial charge in [0.15, 0.2) is 5.01 Å². The fourth-order valence-corrected chi connectivity index (χ4v) is 3.23. The van der Waals surface area contributed by atoms with Crippen LogP contribution in [0.2, 0.25) is 0 Å². The summed E-state index contributed by atoms with van der Waals surface area (Å²) in [6, 6.07) is 7.72. The standard InChI is InChI=1S/C19H25F3N2O3S/c1-3-26-8-9-27-15-6-4-14(5-7-15)10-13(2)23-11-17(25)16-12-28-18(24-16)19(20,21)22/h4-7,12-13,17,23,25H,3,8-11H2,1-2H3. The van der Waals surface area contributed by atoms with Crippen molar-refractivity contribution in [2.75, 3.05) is 26.4 Å². The van der Waals surface area contributed by atoms with Crippen LogP contribution < -0.4 is 10.1 Å². The van der Waals surface area contributed by atoms with Crippen molar-refractivity contribution in [1.82, 2.24) is 10.3 Å². The first-order valence-electron chi connectivity index (χ1n) is 9.03. The van der Waals surface area contributed by atoms with Gasteiger partial charge in [0.05, 0.1) is 12.3 Å². The smallest absolute Gasteiger partial charge is 0.443 e. The van der Waals surface area contributed by atoms with Crippen LogP contribution in [0.3, 0.4) is 0 Å². The van der Waals surface area contributed by atoms with Crippen molar-refractivity contribution in [3.8, 4) is 5.75 Å². The number of hydrogen-bond donors (Lipinski definition) is 2. The van der Waals surface area contributed by atoms with E-state index in [1.54, 1.807) is 0 Å². The zero-order valence-corrected chi connectivity index (χ0v) is 16.6. The van der Waals surface area contributed by atoms with Crippen LogP contribution in [-0.4, -0.2) is 42.5 Å². The summed E-state index contributed by atoms with van der Waals surface area (Å²) in [4.78, 5) is 3.47. The van der Waals surface area contributed by atoms with Crippen molar-refractivity contribution in [1.29, 1.82) is 0 Å². The van der Waals surface area contributed by atoms with Crippen molar-refractivity contribution >= 4 is 11.3 Å². The van der Waals surface area contributed by atoms with Gasteiger partial charge in [-0.25, -0.2) is 4.98 Å². The number of hydrogen-bond acceptors (Lipinski definition) is 6. The van der Waals surface area contributed by atoms with Gasteiger partial charge in [-0.3, -0.25) is 0 Å². The topological polar surface area (TPSA) is 63.6 Å². The molecule has 1 aromatic heterocycles. The highest BCUT2D eigenvalue weighted by Crippen LogP contribution is 2.32. The zero-order chi connectivity index (χ0) is 20.6. The summed E-state index contributed by atoms with van der Waals surface area (Å²) >= 11 is 0.488. The van der Waals surface area contributed by atoms with Crippen LogP contribution in [0.4, 0.5) is 13.2 Å². The van der Waals surface area contributed by atoms with Gasteiger partial charge in [0.1, 0.15) is 18.5 Å². The van der Waals surface area contributed by atoms with Gasteiger partial charge in [-0.05, 0) is 38.0 Å². The number of alkyl halides is 3. The highest BCUT2D eigenvalue weighted by Gasteiger charge is 2.35. The molecule has 9 heteroatoms. The Bertz CT molecular complexity index is 707. The Kier molecular flexibility index (Phi) is 8.68. The third kappa shape index (κ3) is 7.38. The normalized spacial score (nSPS) is 14.1. The van der Waals surface area contributed by atoms with Crippen LogP contribution in [0.1, 0.15) is 36.2 Å². The second-order valence-electron chi connectivity index (χ2n) is 6.29. The van der Waals surface area contributed by atoms with Gasteiger partial charge in [0.25, 0.3) is 0 Å². The molecule has 1 aromatic carbocycles. The first-order valence-corrected chi connectivity index (χ1v) is 9.91. The summed E-state index contributed by atoms with van der Waals surface area (Å²) in [6.45, 7) is 5.70. The largest absolute Gasteiger partial charge is 0.491 e. The molecule has 5 nitrogen and oxygen atoms in total. The molecule has 2 unspecified atom stereocenters. The molecule has 0 aliphatic rings. The van der Waals surface area contributed by atoms with Crippen molar-refractivity contribution in [2.24, 2.45) is 0 Å². The van der Waals surface area contributed by atoms with E-state index < -0.39 is 17.3 Å². The Hall–Kier alpha value is -1.68. The van der Waals surface area contributed by atoms with Crippen LogP contribution in [0.15, 0.2) is 29.6 Å². The van der Waals surface area contributed by atoms with E-state index in [1.807, 2.05) is 38.1 Å². The summed E-state index contributed by atoms with van der Waals surface area (Å²) in [5.41, 5.74) is 1.12. The molecule has 0 amide bonds. The average molecular weight is 418 g/mol. The molecule has 0 saturated heterocycles. The van der Waals surface area contributed by atoms with E-state index in [2.05, 4.69) is 10.3 Å². The Labute approximate surface area is 166 Å². The maximum Gasteiger partial charge on any atom is 0.443 e. The molecule has 2 aromatic rings. The molecular weight excluding hydrogens is 393 g/mol. The van der Waals surface area contributed by atoms with E-state index >= 15 is 0 Å².